The Morgan fingerprint density at radius 3 is 2.87 bits per heavy atom. The summed E-state index contributed by atoms with van der Waals surface area (Å²) >= 11 is 0. The number of aliphatic hydroxyl groups is 1. The molecule has 3 N–H and O–H groups in total. The molecule has 1 aliphatic heterocycles. The lowest BCUT2D eigenvalue weighted by atomic mass is 9.96. The molecule has 1 aliphatic rings. The minimum Gasteiger partial charge on any atom is -0.393 e. The molecule has 0 spiro atoms. The fourth-order valence-electron chi connectivity index (χ4n) is 1.87. The van der Waals surface area contributed by atoms with Crippen molar-refractivity contribution in [1.82, 2.24) is 4.90 Å². The third kappa shape index (κ3) is 3.80. The molecule has 1 rings (SSSR count). The lowest BCUT2D eigenvalue weighted by Crippen LogP contribution is -2.45. The second kappa shape index (κ2) is 5.47. The summed E-state index contributed by atoms with van der Waals surface area (Å²) in [5.74, 6) is 0.365. The van der Waals surface area contributed by atoms with Gasteiger partial charge in [0.25, 0.3) is 0 Å². The summed E-state index contributed by atoms with van der Waals surface area (Å²) in [5, 5.41) is 9.54. The second-order valence-electron chi connectivity index (χ2n) is 4.69. The molecule has 0 saturated carbocycles. The van der Waals surface area contributed by atoms with E-state index in [2.05, 4.69) is 0 Å². The number of nitrogens with two attached hydrogens (primary N) is 1. The molecule has 0 aliphatic carbocycles. The van der Waals surface area contributed by atoms with E-state index in [-0.39, 0.29) is 24.0 Å². The van der Waals surface area contributed by atoms with Crippen LogP contribution in [-0.2, 0) is 4.79 Å². The Balaban J connectivity index is 2.34. The number of aliphatic hydroxyl groups excluding tert-OH is 1. The number of rotatable bonds is 3. The Bertz CT molecular complexity index is 219. The van der Waals surface area contributed by atoms with E-state index in [1.807, 2.05) is 18.7 Å². The van der Waals surface area contributed by atoms with Crippen LogP contribution in [0.2, 0.25) is 0 Å². The highest BCUT2D eigenvalue weighted by atomic mass is 16.3. The first-order valence-electron chi connectivity index (χ1n) is 5.72. The molecule has 4 nitrogen and oxygen atoms in total. The molecule has 88 valence electrons. The predicted octanol–water partition coefficient (Wildman–Crippen LogP) is 0.343. The molecular weight excluding hydrogens is 192 g/mol. The molecule has 0 aromatic heterocycles. The number of hydrogen-bond donors (Lipinski definition) is 2. The smallest absolute Gasteiger partial charge is 0.222 e. The van der Waals surface area contributed by atoms with Crippen LogP contribution >= 0.6 is 0 Å². The van der Waals surface area contributed by atoms with E-state index in [4.69, 9.17) is 5.73 Å². The van der Waals surface area contributed by atoms with Crippen LogP contribution in [-0.4, -0.2) is 41.1 Å². The molecule has 15 heavy (non-hydrogen) atoms. The molecule has 0 radical (unpaired) electrons. The van der Waals surface area contributed by atoms with Gasteiger partial charge in [-0.1, -0.05) is 6.92 Å². The number of nitrogens with zero attached hydrogens (tertiary/aromatic N) is 1. The normalized spacial score (nSPS) is 28.9. The number of piperidine rings is 1. The highest BCUT2D eigenvalue weighted by molar-refractivity contribution is 5.76. The lowest BCUT2D eigenvalue weighted by molar-refractivity contribution is -0.134. The van der Waals surface area contributed by atoms with Crippen LogP contribution in [0.15, 0.2) is 0 Å². The summed E-state index contributed by atoms with van der Waals surface area (Å²) in [4.78, 5) is 13.6. The maximum absolute atomic E-state index is 11.7. The SMILES string of the molecule is CC(N)CCC(=O)N1CCC(O)C(C)C1. The number of amides is 1. The average molecular weight is 214 g/mol. The number of carbonyl (C=O) groups is 1. The highest BCUT2D eigenvalue weighted by Gasteiger charge is 2.26. The van der Waals surface area contributed by atoms with Crippen molar-refractivity contribution in [2.24, 2.45) is 11.7 Å². The van der Waals surface area contributed by atoms with Crippen LogP contribution in [0.3, 0.4) is 0 Å². The fourth-order valence-corrected chi connectivity index (χ4v) is 1.87. The minimum atomic E-state index is -0.248. The van der Waals surface area contributed by atoms with Gasteiger partial charge in [-0.2, -0.15) is 0 Å². The number of carbonyl (C=O) groups excluding carboxylic acids is 1. The molecule has 4 heteroatoms. The zero-order chi connectivity index (χ0) is 11.4. The Labute approximate surface area is 91.4 Å². The van der Waals surface area contributed by atoms with Crippen molar-refractivity contribution in [3.8, 4) is 0 Å². The summed E-state index contributed by atoms with van der Waals surface area (Å²) < 4.78 is 0. The van der Waals surface area contributed by atoms with Crippen LogP contribution in [0.1, 0.15) is 33.1 Å². The molecule has 3 unspecified atom stereocenters. The second-order valence-corrected chi connectivity index (χ2v) is 4.69. The van der Waals surface area contributed by atoms with Crippen molar-refractivity contribution in [1.29, 1.82) is 0 Å². The van der Waals surface area contributed by atoms with Gasteiger partial charge in [-0.3, -0.25) is 4.79 Å². The zero-order valence-corrected chi connectivity index (χ0v) is 9.65. The maximum Gasteiger partial charge on any atom is 0.222 e. The van der Waals surface area contributed by atoms with E-state index in [1.165, 1.54) is 0 Å². The van der Waals surface area contributed by atoms with Gasteiger partial charge in [0.15, 0.2) is 0 Å². The van der Waals surface area contributed by atoms with Crippen LogP contribution in [0.4, 0.5) is 0 Å². The molecule has 1 amide bonds. The van der Waals surface area contributed by atoms with Gasteiger partial charge in [-0.25, -0.2) is 0 Å². The van der Waals surface area contributed by atoms with E-state index in [0.717, 1.165) is 6.42 Å². The van der Waals surface area contributed by atoms with E-state index < -0.39 is 0 Å². The standard InChI is InChI=1S/C11H22N2O2/c1-8-7-13(6-5-10(8)14)11(15)4-3-9(2)12/h8-10,14H,3-7,12H2,1-2H3. The van der Waals surface area contributed by atoms with E-state index >= 15 is 0 Å². The molecule has 0 bridgehead atoms. The van der Waals surface area contributed by atoms with Crippen molar-refractivity contribution in [3.63, 3.8) is 0 Å². The van der Waals surface area contributed by atoms with Crippen molar-refractivity contribution < 1.29 is 9.90 Å². The largest absolute Gasteiger partial charge is 0.393 e. The molecule has 1 heterocycles. The van der Waals surface area contributed by atoms with Gasteiger partial charge >= 0.3 is 0 Å². The third-order valence-electron chi connectivity index (χ3n) is 3.03. The summed E-state index contributed by atoms with van der Waals surface area (Å²) in [5.41, 5.74) is 5.61. The highest BCUT2D eigenvalue weighted by Crippen LogP contribution is 2.17. The monoisotopic (exact) mass is 214 g/mol. The Morgan fingerprint density at radius 1 is 1.67 bits per heavy atom. The van der Waals surface area contributed by atoms with Crippen LogP contribution in [0.25, 0.3) is 0 Å². The Morgan fingerprint density at radius 2 is 2.33 bits per heavy atom. The van der Waals surface area contributed by atoms with Crippen molar-refractivity contribution in [3.05, 3.63) is 0 Å². The van der Waals surface area contributed by atoms with Crippen molar-refractivity contribution >= 4 is 5.91 Å². The van der Waals surface area contributed by atoms with Gasteiger partial charge in [0.1, 0.15) is 0 Å². The van der Waals surface area contributed by atoms with Crippen LogP contribution in [0, 0.1) is 5.92 Å². The summed E-state index contributed by atoms with van der Waals surface area (Å²) in [6.07, 6.45) is 1.72. The van der Waals surface area contributed by atoms with Gasteiger partial charge < -0.3 is 15.7 Å². The quantitative estimate of drug-likeness (QED) is 0.712. The Kier molecular flexibility index (Phi) is 4.54. The Hall–Kier alpha value is -0.610. The van der Waals surface area contributed by atoms with E-state index in [1.54, 1.807) is 0 Å². The molecule has 0 aromatic carbocycles. The predicted molar refractivity (Wildman–Crippen MR) is 59.3 cm³/mol. The third-order valence-corrected chi connectivity index (χ3v) is 3.03. The van der Waals surface area contributed by atoms with E-state index in [9.17, 15) is 9.90 Å². The number of likely N-dealkylation sites (tertiary alicyclic amines) is 1. The summed E-state index contributed by atoms with van der Waals surface area (Å²) in [6.45, 7) is 5.26. The first kappa shape index (κ1) is 12.5. The molecule has 0 aromatic rings. The lowest BCUT2D eigenvalue weighted by Gasteiger charge is -2.34. The van der Waals surface area contributed by atoms with Gasteiger partial charge in [0.2, 0.25) is 5.91 Å². The average Bonchev–Trinajstić information content (AvgIpc) is 2.18. The first-order valence-corrected chi connectivity index (χ1v) is 5.72. The van der Waals surface area contributed by atoms with Crippen molar-refractivity contribution in [2.75, 3.05) is 13.1 Å². The molecular formula is C11H22N2O2. The van der Waals surface area contributed by atoms with Crippen molar-refractivity contribution in [2.45, 2.75) is 45.3 Å². The van der Waals surface area contributed by atoms with Gasteiger partial charge in [-0.15, -0.1) is 0 Å². The fraction of sp³-hybridized carbons (Fsp3) is 0.909. The van der Waals surface area contributed by atoms with Gasteiger partial charge in [-0.05, 0) is 25.7 Å². The van der Waals surface area contributed by atoms with Gasteiger partial charge in [0.05, 0.1) is 6.10 Å². The maximum atomic E-state index is 11.7. The number of hydrogen-bond acceptors (Lipinski definition) is 3. The first-order chi connectivity index (χ1) is 7.00. The van der Waals surface area contributed by atoms with Gasteiger partial charge in [0, 0.05) is 25.6 Å². The zero-order valence-electron chi connectivity index (χ0n) is 9.65. The molecule has 1 saturated heterocycles. The summed E-state index contributed by atoms with van der Waals surface area (Å²) in [6, 6.07) is 0.0850. The molecule has 3 atom stereocenters. The summed E-state index contributed by atoms with van der Waals surface area (Å²) in [7, 11) is 0. The van der Waals surface area contributed by atoms with E-state index in [0.29, 0.717) is 25.9 Å². The topological polar surface area (TPSA) is 66.6 Å². The minimum absolute atomic E-state index is 0.0850. The van der Waals surface area contributed by atoms with Crippen LogP contribution in [0.5, 0.6) is 0 Å². The van der Waals surface area contributed by atoms with Crippen LogP contribution < -0.4 is 5.73 Å². The molecule has 1 fully saturated rings.